The fourth-order valence-electron chi connectivity index (χ4n) is 1.67. The third-order valence-electron chi connectivity index (χ3n) is 2.73. The molecule has 0 fully saturated rings. The molecule has 0 bridgehead atoms. The van der Waals surface area contributed by atoms with E-state index in [4.69, 9.17) is 0 Å². The molecule has 5 heteroatoms. The summed E-state index contributed by atoms with van der Waals surface area (Å²) in [5.74, 6) is 0. The van der Waals surface area contributed by atoms with Crippen molar-refractivity contribution < 1.29 is 13.2 Å². The molecule has 0 N–H and O–H groups in total. The number of hydrogen-bond donors (Lipinski definition) is 0. The van der Waals surface area contributed by atoms with Gasteiger partial charge in [0.25, 0.3) is 0 Å². The monoisotopic (exact) mass is 279 g/mol. The minimum absolute atomic E-state index is 0. The van der Waals surface area contributed by atoms with Crippen molar-refractivity contribution in [1.29, 1.82) is 0 Å². The summed E-state index contributed by atoms with van der Waals surface area (Å²) < 4.78 is 37.3. The van der Waals surface area contributed by atoms with Crippen molar-refractivity contribution in [2.45, 2.75) is 6.18 Å². The van der Waals surface area contributed by atoms with E-state index in [1.54, 1.807) is 12.1 Å². The van der Waals surface area contributed by atoms with Gasteiger partial charge in [0, 0.05) is 8.41 Å². The standard InChI is InChI=1S/C14H12F3P.B/c1-18(12-5-3-2-4-6-12)13-9-7-11(8-10-13)14(15,16)17;/h2-10H,1H3;/t18-;/m0./s1. The molecule has 0 amide bonds. The fraction of sp³-hybridized carbons (Fsp3) is 0.143. The molecule has 1 atom stereocenters. The van der Waals surface area contributed by atoms with Gasteiger partial charge in [-0.1, -0.05) is 42.5 Å². The maximum absolute atomic E-state index is 12.4. The highest BCUT2D eigenvalue weighted by atomic mass is 31.1. The van der Waals surface area contributed by atoms with Gasteiger partial charge in [-0.15, -0.1) is 0 Å². The van der Waals surface area contributed by atoms with Crippen molar-refractivity contribution in [3.8, 4) is 0 Å². The van der Waals surface area contributed by atoms with Crippen LogP contribution in [-0.2, 0) is 6.18 Å². The Bertz CT molecular complexity index is 508. The van der Waals surface area contributed by atoms with Gasteiger partial charge in [-0.05, 0) is 37.3 Å². The van der Waals surface area contributed by atoms with Gasteiger partial charge < -0.3 is 0 Å². The summed E-state index contributed by atoms with van der Waals surface area (Å²) >= 11 is 0. The van der Waals surface area contributed by atoms with Crippen molar-refractivity contribution in [3.05, 3.63) is 60.2 Å². The largest absolute Gasteiger partial charge is 0.416 e. The number of alkyl halides is 3. The van der Waals surface area contributed by atoms with E-state index < -0.39 is 19.7 Å². The number of benzene rings is 2. The molecule has 0 heterocycles. The van der Waals surface area contributed by atoms with Crippen LogP contribution < -0.4 is 10.6 Å². The molecule has 0 unspecified atom stereocenters. The molecular formula is C14H12BF3P. The van der Waals surface area contributed by atoms with E-state index in [1.807, 2.05) is 37.0 Å². The van der Waals surface area contributed by atoms with Crippen LogP contribution in [0.5, 0.6) is 0 Å². The highest BCUT2D eigenvalue weighted by molar-refractivity contribution is 7.72. The van der Waals surface area contributed by atoms with Crippen LogP contribution >= 0.6 is 7.92 Å². The van der Waals surface area contributed by atoms with Crippen LogP contribution in [0.2, 0.25) is 0 Å². The summed E-state index contributed by atoms with van der Waals surface area (Å²) in [7, 11) is -0.586. The molecule has 2 aromatic carbocycles. The zero-order valence-electron chi connectivity index (χ0n) is 10.4. The molecule has 0 aliphatic carbocycles. The van der Waals surface area contributed by atoms with Crippen LogP contribution in [0.3, 0.4) is 0 Å². The number of rotatable bonds is 2. The quantitative estimate of drug-likeness (QED) is 0.584. The van der Waals surface area contributed by atoms with Gasteiger partial charge in [0.1, 0.15) is 0 Å². The topological polar surface area (TPSA) is 0 Å². The maximum Gasteiger partial charge on any atom is 0.416 e. The van der Waals surface area contributed by atoms with Gasteiger partial charge in [0.05, 0.1) is 5.56 Å². The summed E-state index contributed by atoms with van der Waals surface area (Å²) in [4.78, 5) is 0. The highest BCUT2D eigenvalue weighted by Gasteiger charge is 2.30. The lowest BCUT2D eigenvalue weighted by Crippen LogP contribution is -2.12. The first kappa shape index (κ1) is 15.8. The minimum atomic E-state index is -4.26. The lowest BCUT2D eigenvalue weighted by molar-refractivity contribution is -0.137. The average Bonchev–Trinajstić information content (AvgIpc) is 2.38. The van der Waals surface area contributed by atoms with Gasteiger partial charge in [0.15, 0.2) is 0 Å². The second kappa shape index (κ2) is 6.25. The van der Waals surface area contributed by atoms with Crippen LogP contribution in [0.1, 0.15) is 5.56 Å². The Balaban J connectivity index is 0.00000180. The summed E-state index contributed by atoms with van der Waals surface area (Å²) in [6.07, 6.45) is -4.26. The second-order valence-electron chi connectivity index (χ2n) is 3.94. The smallest absolute Gasteiger partial charge is 0.166 e. The Morgan fingerprint density at radius 1 is 0.789 bits per heavy atom. The molecule has 0 saturated heterocycles. The first-order chi connectivity index (χ1) is 8.48. The first-order valence-corrected chi connectivity index (χ1v) is 7.23. The van der Waals surface area contributed by atoms with Crippen molar-refractivity contribution in [1.82, 2.24) is 0 Å². The maximum atomic E-state index is 12.4. The van der Waals surface area contributed by atoms with Gasteiger partial charge in [-0.2, -0.15) is 13.2 Å². The second-order valence-corrected chi connectivity index (χ2v) is 6.09. The molecule has 2 rings (SSSR count). The number of halogens is 3. The van der Waals surface area contributed by atoms with Crippen molar-refractivity contribution in [2.24, 2.45) is 0 Å². The fourth-order valence-corrected chi connectivity index (χ4v) is 3.19. The van der Waals surface area contributed by atoms with Crippen LogP contribution in [0.25, 0.3) is 0 Å². The van der Waals surface area contributed by atoms with E-state index in [1.165, 1.54) is 0 Å². The van der Waals surface area contributed by atoms with Crippen molar-refractivity contribution in [3.63, 3.8) is 0 Å². The minimum Gasteiger partial charge on any atom is -0.166 e. The molecular weight excluding hydrogens is 267 g/mol. The molecule has 3 radical (unpaired) electrons. The lowest BCUT2D eigenvalue weighted by atomic mass is 10.2. The SMILES string of the molecule is C[P@@](c1ccccc1)c1ccc(C(F)(F)F)cc1.[B]. The Morgan fingerprint density at radius 2 is 1.26 bits per heavy atom. The normalized spacial score (nSPS) is 12.6. The number of hydrogen-bond acceptors (Lipinski definition) is 0. The zero-order valence-corrected chi connectivity index (χ0v) is 11.2. The highest BCUT2D eigenvalue weighted by Crippen LogP contribution is 2.32. The third-order valence-corrected chi connectivity index (χ3v) is 4.87. The molecule has 0 aliphatic rings. The van der Waals surface area contributed by atoms with Crippen molar-refractivity contribution in [2.75, 3.05) is 6.66 Å². The van der Waals surface area contributed by atoms with Gasteiger partial charge in [-0.3, -0.25) is 0 Å². The van der Waals surface area contributed by atoms with Crippen LogP contribution in [0.15, 0.2) is 54.6 Å². The summed E-state index contributed by atoms with van der Waals surface area (Å²) in [5.41, 5.74) is -0.595. The van der Waals surface area contributed by atoms with E-state index in [0.29, 0.717) is 0 Å². The van der Waals surface area contributed by atoms with Gasteiger partial charge >= 0.3 is 6.18 Å². The van der Waals surface area contributed by atoms with Crippen LogP contribution in [0.4, 0.5) is 13.2 Å². The van der Waals surface area contributed by atoms with Gasteiger partial charge in [-0.25, -0.2) is 0 Å². The molecule has 0 spiro atoms. The Hall–Kier alpha value is -1.28. The first-order valence-electron chi connectivity index (χ1n) is 5.44. The summed E-state index contributed by atoms with van der Waals surface area (Å²) in [6.45, 7) is 2.05. The van der Waals surface area contributed by atoms with E-state index >= 15 is 0 Å². The lowest BCUT2D eigenvalue weighted by Gasteiger charge is -2.14. The van der Waals surface area contributed by atoms with E-state index in [2.05, 4.69) is 0 Å². The molecule has 0 aromatic heterocycles. The molecule has 19 heavy (non-hydrogen) atoms. The van der Waals surface area contributed by atoms with Crippen LogP contribution in [0, 0.1) is 0 Å². The predicted molar refractivity (Wildman–Crippen MR) is 75.8 cm³/mol. The Kier molecular flexibility index (Phi) is 5.19. The Morgan fingerprint density at radius 3 is 1.74 bits per heavy atom. The Labute approximate surface area is 114 Å². The molecule has 97 valence electrons. The molecule has 0 nitrogen and oxygen atoms in total. The molecule has 0 saturated carbocycles. The van der Waals surface area contributed by atoms with E-state index in [0.717, 1.165) is 22.7 Å². The molecule has 0 aliphatic heterocycles. The third kappa shape index (κ3) is 3.84. The molecule has 2 aromatic rings. The van der Waals surface area contributed by atoms with Crippen molar-refractivity contribution >= 4 is 26.9 Å². The summed E-state index contributed by atoms with van der Waals surface area (Å²) in [6, 6.07) is 15.3. The van der Waals surface area contributed by atoms with Gasteiger partial charge in [0.2, 0.25) is 0 Å². The van der Waals surface area contributed by atoms with E-state index in [-0.39, 0.29) is 8.41 Å². The average molecular weight is 279 g/mol. The zero-order chi connectivity index (χ0) is 13.2. The predicted octanol–water partition coefficient (Wildman–Crippen LogP) is 3.39. The summed E-state index contributed by atoms with van der Waals surface area (Å²) in [5, 5.41) is 2.11. The van der Waals surface area contributed by atoms with E-state index in [9.17, 15) is 13.2 Å². The van der Waals surface area contributed by atoms with Crippen LogP contribution in [-0.4, -0.2) is 15.1 Å².